The molecule has 0 amide bonds. The van der Waals surface area contributed by atoms with Crippen LogP contribution in [0, 0.1) is 0 Å². The Morgan fingerprint density at radius 1 is 0.259 bits per heavy atom. The van der Waals surface area contributed by atoms with Crippen LogP contribution in [0.5, 0.6) is 0 Å². The molecule has 0 N–H and O–H groups in total. The SMILES string of the molecule is CC/C=C\C/C=C\C/C=C\C/C=C\C/C=C\C/C=C\C/C=C\CCCCCCCCCC(=O)OCC(COC(=O)CCCCCCC/C=C\CCC)OC(=O)CCCCCCCCCCCCCCCCCCCCCCCCCC. The van der Waals surface area contributed by atoms with Gasteiger partial charge in [-0.1, -0.05) is 323 Å². The van der Waals surface area contributed by atoms with E-state index in [-0.39, 0.29) is 31.1 Å². The van der Waals surface area contributed by atoms with Crippen LogP contribution in [-0.2, 0) is 28.6 Å². The Bertz CT molecular complexity index is 1580. The number of carbonyl (C=O) groups excluding carboxylic acids is 3. The van der Waals surface area contributed by atoms with Crippen molar-refractivity contribution in [3.05, 3.63) is 97.2 Å². The molecule has 466 valence electrons. The van der Waals surface area contributed by atoms with Gasteiger partial charge in [-0.2, -0.15) is 0 Å². The molecule has 0 aromatic rings. The maximum atomic E-state index is 12.9. The van der Waals surface area contributed by atoms with Gasteiger partial charge in [0.05, 0.1) is 0 Å². The molecular weight excluding hydrogens is 997 g/mol. The number of hydrogen-bond acceptors (Lipinski definition) is 6. The molecule has 0 aromatic heterocycles. The second kappa shape index (κ2) is 68.8. The van der Waals surface area contributed by atoms with Gasteiger partial charge in [-0.15, -0.1) is 0 Å². The van der Waals surface area contributed by atoms with Crippen molar-refractivity contribution >= 4 is 17.9 Å². The Balaban J connectivity index is 4.23. The lowest BCUT2D eigenvalue weighted by atomic mass is 10.0. The third-order valence-electron chi connectivity index (χ3n) is 15.1. The standard InChI is InChI=1S/C75H130O6/c1-4-7-10-13-16-19-22-24-26-28-30-32-34-36-37-38-39-40-42-43-45-47-49-51-53-56-59-62-65-68-74(77)80-71-72(70-79-73(76)67-64-61-58-55-21-18-15-12-9-6-3)81-75(78)69-66-63-60-57-54-52-50-48-46-44-41-35-33-31-29-27-25-23-20-17-14-11-8-5-2/h7,10,12,15-16,19,24,26,30,32,36-37,39-40,43,45,72H,4-6,8-9,11,13-14,17-18,20-23,25,27-29,31,33-35,38,41-42,44,46-71H2,1-3H3/b10-7-,15-12-,19-16-,26-24-,32-30-,37-36-,40-39-,45-43-. The summed E-state index contributed by atoms with van der Waals surface area (Å²) >= 11 is 0. The van der Waals surface area contributed by atoms with Crippen LogP contribution in [0.3, 0.4) is 0 Å². The first kappa shape index (κ1) is 77.3. The van der Waals surface area contributed by atoms with Gasteiger partial charge in [0.25, 0.3) is 0 Å². The summed E-state index contributed by atoms with van der Waals surface area (Å²) in [6.07, 6.45) is 93.0. The largest absolute Gasteiger partial charge is 0.462 e. The highest BCUT2D eigenvalue weighted by atomic mass is 16.6. The quantitative estimate of drug-likeness (QED) is 0.0261. The molecule has 0 bridgehead atoms. The second-order valence-corrected chi connectivity index (χ2v) is 23.1. The molecule has 0 fully saturated rings. The highest BCUT2D eigenvalue weighted by Gasteiger charge is 2.19. The summed E-state index contributed by atoms with van der Waals surface area (Å²) in [5.74, 6) is -0.889. The number of esters is 3. The van der Waals surface area contributed by atoms with E-state index in [2.05, 4.69) is 118 Å². The summed E-state index contributed by atoms with van der Waals surface area (Å²) in [5, 5.41) is 0. The zero-order valence-corrected chi connectivity index (χ0v) is 53.5. The highest BCUT2D eigenvalue weighted by molar-refractivity contribution is 5.71. The fourth-order valence-electron chi connectivity index (χ4n) is 9.90. The fraction of sp³-hybridized carbons (Fsp3) is 0.747. The molecular formula is C75H130O6. The van der Waals surface area contributed by atoms with Crippen LogP contribution in [0.25, 0.3) is 0 Å². The predicted octanol–water partition coefficient (Wildman–Crippen LogP) is 24.0. The lowest BCUT2D eigenvalue weighted by Crippen LogP contribution is -2.30. The van der Waals surface area contributed by atoms with Crippen molar-refractivity contribution in [1.29, 1.82) is 0 Å². The van der Waals surface area contributed by atoms with E-state index in [1.165, 1.54) is 180 Å². The Hall–Kier alpha value is -3.67. The molecule has 0 saturated heterocycles. The van der Waals surface area contributed by atoms with E-state index >= 15 is 0 Å². The molecule has 0 aliphatic heterocycles. The van der Waals surface area contributed by atoms with Crippen LogP contribution in [0.2, 0.25) is 0 Å². The minimum absolute atomic E-state index is 0.0827. The van der Waals surface area contributed by atoms with E-state index in [0.29, 0.717) is 19.3 Å². The number of unbranched alkanes of at least 4 members (excludes halogenated alkanes) is 36. The van der Waals surface area contributed by atoms with Gasteiger partial charge in [-0.25, -0.2) is 0 Å². The molecule has 81 heavy (non-hydrogen) atoms. The summed E-state index contributed by atoms with van der Waals surface area (Å²) in [6.45, 7) is 6.49. The third-order valence-corrected chi connectivity index (χ3v) is 15.1. The molecule has 0 heterocycles. The molecule has 0 aromatic carbocycles. The van der Waals surface area contributed by atoms with Crippen LogP contribution in [0.4, 0.5) is 0 Å². The Labute approximate surface area is 502 Å². The summed E-state index contributed by atoms with van der Waals surface area (Å²) in [6, 6.07) is 0. The monoisotopic (exact) mass is 1130 g/mol. The molecule has 1 atom stereocenters. The average molecular weight is 1130 g/mol. The lowest BCUT2D eigenvalue weighted by molar-refractivity contribution is -0.167. The van der Waals surface area contributed by atoms with Crippen LogP contribution < -0.4 is 0 Å². The van der Waals surface area contributed by atoms with Crippen molar-refractivity contribution in [1.82, 2.24) is 0 Å². The molecule has 1 unspecified atom stereocenters. The van der Waals surface area contributed by atoms with Gasteiger partial charge >= 0.3 is 17.9 Å². The van der Waals surface area contributed by atoms with E-state index in [1.807, 2.05) is 0 Å². The van der Waals surface area contributed by atoms with Crippen molar-refractivity contribution in [3.8, 4) is 0 Å². The van der Waals surface area contributed by atoms with E-state index in [1.54, 1.807) is 0 Å². The third kappa shape index (κ3) is 67.0. The minimum Gasteiger partial charge on any atom is -0.462 e. The van der Waals surface area contributed by atoms with Crippen LogP contribution in [-0.4, -0.2) is 37.2 Å². The smallest absolute Gasteiger partial charge is 0.306 e. The Morgan fingerprint density at radius 3 is 0.815 bits per heavy atom. The predicted molar refractivity (Wildman–Crippen MR) is 353 cm³/mol. The van der Waals surface area contributed by atoms with Crippen LogP contribution in [0.1, 0.15) is 342 Å². The second-order valence-electron chi connectivity index (χ2n) is 23.1. The molecule has 0 aliphatic carbocycles. The first-order chi connectivity index (χ1) is 40.0. The van der Waals surface area contributed by atoms with E-state index in [4.69, 9.17) is 14.2 Å². The van der Waals surface area contributed by atoms with Gasteiger partial charge in [-0.3, -0.25) is 14.4 Å². The first-order valence-electron chi connectivity index (χ1n) is 34.7. The van der Waals surface area contributed by atoms with Gasteiger partial charge in [0.15, 0.2) is 6.10 Å². The number of ether oxygens (including phenoxy) is 3. The van der Waals surface area contributed by atoms with Crippen molar-refractivity contribution in [2.45, 2.75) is 348 Å². The summed E-state index contributed by atoms with van der Waals surface area (Å²) in [4.78, 5) is 38.3. The van der Waals surface area contributed by atoms with Gasteiger partial charge < -0.3 is 14.2 Å². The average Bonchev–Trinajstić information content (AvgIpc) is 3.47. The zero-order chi connectivity index (χ0) is 58.5. The number of allylic oxidation sites excluding steroid dienone is 16. The van der Waals surface area contributed by atoms with Crippen molar-refractivity contribution in [2.75, 3.05) is 13.2 Å². The Morgan fingerprint density at radius 2 is 0.506 bits per heavy atom. The topological polar surface area (TPSA) is 78.9 Å². The molecule has 6 heteroatoms. The first-order valence-corrected chi connectivity index (χ1v) is 34.7. The lowest BCUT2D eigenvalue weighted by Gasteiger charge is -2.18. The van der Waals surface area contributed by atoms with E-state index in [9.17, 15) is 14.4 Å². The Kier molecular flexibility index (Phi) is 65.7. The highest BCUT2D eigenvalue weighted by Crippen LogP contribution is 2.18. The summed E-state index contributed by atoms with van der Waals surface area (Å²) < 4.78 is 16.9. The van der Waals surface area contributed by atoms with Gasteiger partial charge in [0.2, 0.25) is 0 Å². The van der Waals surface area contributed by atoms with E-state index < -0.39 is 6.10 Å². The zero-order valence-electron chi connectivity index (χ0n) is 53.5. The minimum atomic E-state index is -0.785. The summed E-state index contributed by atoms with van der Waals surface area (Å²) in [7, 11) is 0. The normalized spacial score (nSPS) is 12.7. The fourth-order valence-corrected chi connectivity index (χ4v) is 9.90. The number of rotatable bonds is 63. The van der Waals surface area contributed by atoms with Gasteiger partial charge in [0, 0.05) is 19.3 Å². The molecule has 0 spiro atoms. The molecule has 0 saturated carbocycles. The molecule has 0 rings (SSSR count). The molecule has 0 radical (unpaired) electrons. The van der Waals surface area contributed by atoms with Crippen LogP contribution >= 0.6 is 0 Å². The summed E-state index contributed by atoms with van der Waals surface area (Å²) in [5.41, 5.74) is 0. The van der Waals surface area contributed by atoms with Crippen LogP contribution in [0.15, 0.2) is 97.2 Å². The van der Waals surface area contributed by atoms with Crippen molar-refractivity contribution in [2.24, 2.45) is 0 Å². The number of carbonyl (C=O) groups is 3. The molecule has 6 nitrogen and oxygen atoms in total. The van der Waals surface area contributed by atoms with E-state index in [0.717, 1.165) is 122 Å². The maximum absolute atomic E-state index is 12.9. The van der Waals surface area contributed by atoms with Crippen molar-refractivity contribution in [3.63, 3.8) is 0 Å². The van der Waals surface area contributed by atoms with Gasteiger partial charge in [-0.05, 0) is 96.3 Å². The number of hydrogen-bond donors (Lipinski definition) is 0. The maximum Gasteiger partial charge on any atom is 0.306 e. The molecule has 0 aliphatic rings. The van der Waals surface area contributed by atoms with Gasteiger partial charge in [0.1, 0.15) is 13.2 Å². The van der Waals surface area contributed by atoms with Crippen molar-refractivity contribution < 1.29 is 28.6 Å².